The Kier molecular flexibility index (Phi) is 7.91. The van der Waals surface area contributed by atoms with Gasteiger partial charge in [0.25, 0.3) is 0 Å². The number of benzene rings is 1. The maximum Gasteiger partial charge on any atom is 0.165 e. The lowest BCUT2D eigenvalue weighted by Gasteiger charge is -2.14. The van der Waals surface area contributed by atoms with Gasteiger partial charge in [-0.1, -0.05) is 41.9 Å². The molecule has 0 spiro atoms. The van der Waals surface area contributed by atoms with Crippen molar-refractivity contribution in [3.63, 3.8) is 0 Å². The first kappa shape index (κ1) is 16.3. The number of hydrogen-bond acceptors (Lipinski definition) is 3. The predicted octanol–water partition coefficient (Wildman–Crippen LogP) is 4.03. The first-order valence-electron chi connectivity index (χ1n) is 6.61. The highest BCUT2D eigenvalue weighted by Crippen LogP contribution is 2.32. The summed E-state index contributed by atoms with van der Waals surface area (Å²) in [4.78, 5) is 0. The number of para-hydroxylation sites is 1. The Balaban J connectivity index is 2.40. The Morgan fingerprint density at radius 1 is 1.16 bits per heavy atom. The van der Waals surface area contributed by atoms with Gasteiger partial charge >= 0.3 is 0 Å². The fourth-order valence-electron chi connectivity index (χ4n) is 1.61. The van der Waals surface area contributed by atoms with Gasteiger partial charge in [0.15, 0.2) is 11.5 Å². The molecular weight excluding hydrogens is 308 g/mol. The molecule has 108 valence electrons. The van der Waals surface area contributed by atoms with Crippen LogP contribution >= 0.6 is 15.9 Å². The van der Waals surface area contributed by atoms with Crippen LogP contribution in [0.25, 0.3) is 0 Å². The molecule has 0 aliphatic heterocycles. The third-order valence-electron chi connectivity index (χ3n) is 2.74. The Hall–Kier alpha value is -0.740. The molecule has 0 unspecified atom stereocenters. The third-order valence-corrected chi connectivity index (χ3v) is 3.34. The van der Waals surface area contributed by atoms with Crippen molar-refractivity contribution in [2.75, 3.05) is 26.9 Å². The SMILES string of the molecule is COc1cccc(CBr)c1OCCOCCC(C)C. The van der Waals surface area contributed by atoms with Crippen LogP contribution in [0.15, 0.2) is 18.2 Å². The Morgan fingerprint density at radius 2 is 1.95 bits per heavy atom. The number of rotatable bonds is 9. The van der Waals surface area contributed by atoms with E-state index >= 15 is 0 Å². The van der Waals surface area contributed by atoms with Gasteiger partial charge in [-0.05, 0) is 18.4 Å². The summed E-state index contributed by atoms with van der Waals surface area (Å²) in [6, 6.07) is 5.88. The van der Waals surface area contributed by atoms with Crippen molar-refractivity contribution in [2.45, 2.75) is 25.6 Å². The van der Waals surface area contributed by atoms with E-state index in [0.717, 1.165) is 35.4 Å². The van der Waals surface area contributed by atoms with Crippen LogP contribution in [0.3, 0.4) is 0 Å². The van der Waals surface area contributed by atoms with Crippen molar-refractivity contribution in [2.24, 2.45) is 5.92 Å². The summed E-state index contributed by atoms with van der Waals surface area (Å²) in [6.07, 6.45) is 1.08. The first-order chi connectivity index (χ1) is 9.19. The molecule has 3 nitrogen and oxygen atoms in total. The van der Waals surface area contributed by atoms with Gasteiger partial charge < -0.3 is 14.2 Å². The van der Waals surface area contributed by atoms with E-state index in [0.29, 0.717) is 19.1 Å². The lowest BCUT2D eigenvalue weighted by Crippen LogP contribution is -2.10. The summed E-state index contributed by atoms with van der Waals surface area (Å²) in [5.74, 6) is 2.24. The van der Waals surface area contributed by atoms with Crippen LogP contribution in [-0.4, -0.2) is 26.9 Å². The van der Waals surface area contributed by atoms with Gasteiger partial charge in [-0.15, -0.1) is 0 Å². The number of methoxy groups -OCH3 is 1. The molecule has 0 fully saturated rings. The van der Waals surface area contributed by atoms with Crippen LogP contribution < -0.4 is 9.47 Å². The van der Waals surface area contributed by atoms with E-state index in [-0.39, 0.29) is 0 Å². The number of ether oxygens (including phenoxy) is 3. The molecule has 4 heteroatoms. The van der Waals surface area contributed by atoms with Crippen molar-refractivity contribution in [3.05, 3.63) is 23.8 Å². The molecule has 0 aliphatic rings. The van der Waals surface area contributed by atoms with E-state index in [2.05, 4.69) is 29.8 Å². The van der Waals surface area contributed by atoms with Crippen LogP contribution in [0.2, 0.25) is 0 Å². The lowest BCUT2D eigenvalue weighted by molar-refractivity contribution is 0.0914. The molecule has 0 N–H and O–H groups in total. The van der Waals surface area contributed by atoms with Gasteiger partial charge in [-0.2, -0.15) is 0 Å². The molecule has 0 atom stereocenters. The van der Waals surface area contributed by atoms with Crippen LogP contribution in [0.1, 0.15) is 25.8 Å². The first-order valence-corrected chi connectivity index (χ1v) is 7.73. The summed E-state index contributed by atoms with van der Waals surface area (Å²) in [5.41, 5.74) is 1.08. The molecule has 0 amide bonds. The van der Waals surface area contributed by atoms with Gasteiger partial charge in [0.1, 0.15) is 6.61 Å². The van der Waals surface area contributed by atoms with E-state index < -0.39 is 0 Å². The summed E-state index contributed by atoms with van der Waals surface area (Å²) < 4.78 is 16.6. The highest BCUT2D eigenvalue weighted by molar-refractivity contribution is 9.08. The maximum atomic E-state index is 5.78. The molecule has 1 rings (SSSR count). The molecule has 0 radical (unpaired) electrons. The highest BCUT2D eigenvalue weighted by Gasteiger charge is 2.09. The van der Waals surface area contributed by atoms with Crippen LogP contribution in [-0.2, 0) is 10.1 Å². The van der Waals surface area contributed by atoms with E-state index in [4.69, 9.17) is 14.2 Å². The van der Waals surface area contributed by atoms with Gasteiger partial charge in [-0.25, -0.2) is 0 Å². The zero-order valence-corrected chi connectivity index (χ0v) is 13.5. The average Bonchev–Trinajstić information content (AvgIpc) is 2.42. The second-order valence-corrected chi connectivity index (χ2v) is 5.29. The Morgan fingerprint density at radius 3 is 2.58 bits per heavy atom. The van der Waals surface area contributed by atoms with Crippen LogP contribution in [0.4, 0.5) is 0 Å². The van der Waals surface area contributed by atoms with Gasteiger partial charge in [0.05, 0.1) is 13.7 Å². The van der Waals surface area contributed by atoms with E-state index in [9.17, 15) is 0 Å². The third kappa shape index (κ3) is 5.83. The largest absolute Gasteiger partial charge is 0.493 e. The fraction of sp³-hybridized carbons (Fsp3) is 0.600. The molecule has 0 aliphatic carbocycles. The molecule has 1 aromatic rings. The summed E-state index contributed by atoms with van der Waals surface area (Å²) in [5, 5.41) is 0.744. The maximum absolute atomic E-state index is 5.78. The minimum absolute atomic E-state index is 0.540. The quantitative estimate of drug-likeness (QED) is 0.505. The Labute approximate surface area is 124 Å². The molecular formula is C15H23BrO3. The minimum Gasteiger partial charge on any atom is -0.493 e. The fourth-order valence-corrected chi connectivity index (χ4v) is 2.06. The smallest absolute Gasteiger partial charge is 0.165 e. The number of halogens is 1. The van der Waals surface area contributed by atoms with Crippen molar-refractivity contribution in [1.29, 1.82) is 0 Å². The van der Waals surface area contributed by atoms with Gasteiger partial charge in [0.2, 0.25) is 0 Å². The van der Waals surface area contributed by atoms with E-state index in [1.54, 1.807) is 7.11 Å². The van der Waals surface area contributed by atoms with Crippen LogP contribution in [0.5, 0.6) is 11.5 Å². The van der Waals surface area contributed by atoms with Crippen molar-refractivity contribution >= 4 is 15.9 Å². The summed E-state index contributed by atoms with van der Waals surface area (Å²) >= 11 is 3.45. The minimum atomic E-state index is 0.540. The second kappa shape index (κ2) is 9.21. The lowest BCUT2D eigenvalue weighted by atomic mass is 10.1. The topological polar surface area (TPSA) is 27.7 Å². The van der Waals surface area contributed by atoms with Gasteiger partial charge in [-0.3, -0.25) is 0 Å². The molecule has 0 saturated carbocycles. The number of hydrogen-bond donors (Lipinski definition) is 0. The second-order valence-electron chi connectivity index (χ2n) is 4.73. The van der Waals surface area contributed by atoms with Crippen molar-refractivity contribution < 1.29 is 14.2 Å². The normalized spacial score (nSPS) is 10.8. The molecule has 0 saturated heterocycles. The molecule has 19 heavy (non-hydrogen) atoms. The monoisotopic (exact) mass is 330 g/mol. The molecule has 0 heterocycles. The summed E-state index contributed by atoms with van der Waals surface area (Å²) in [7, 11) is 1.65. The van der Waals surface area contributed by atoms with Gasteiger partial charge in [0, 0.05) is 17.5 Å². The van der Waals surface area contributed by atoms with Crippen molar-refractivity contribution in [1.82, 2.24) is 0 Å². The van der Waals surface area contributed by atoms with Crippen LogP contribution in [0, 0.1) is 5.92 Å². The number of alkyl halides is 1. The standard InChI is InChI=1S/C15H23BrO3/c1-12(2)7-8-18-9-10-19-15-13(11-16)5-4-6-14(15)17-3/h4-6,12H,7-11H2,1-3H3. The molecule has 1 aromatic carbocycles. The highest BCUT2D eigenvalue weighted by atomic mass is 79.9. The Bertz CT molecular complexity index is 344. The molecule has 0 aromatic heterocycles. The summed E-state index contributed by atoms with van der Waals surface area (Å²) in [6.45, 7) is 6.32. The predicted molar refractivity (Wildman–Crippen MR) is 81.4 cm³/mol. The van der Waals surface area contributed by atoms with E-state index in [1.165, 1.54) is 0 Å². The zero-order chi connectivity index (χ0) is 14.1. The zero-order valence-electron chi connectivity index (χ0n) is 11.9. The molecule has 0 bridgehead atoms. The van der Waals surface area contributed by atoms with Crippen molar-refractivity contribution in [3.8, 4) is 11.5 Å². The van der Waals surface area contributed by atoms with E-state index in [1.807, 2.05) is 18.2 Å². The average molecular weight is 331 g/mol.